The van der Waals surface area contributed by atoms with E-state index < -0.39 is 5.92 Å². The van der Waals surface area contributed by atoms with Gasteiger partial charge >= 0.3 is 0 Å². The Balaban J connectivity index is 1.43. The number of hydrogen-bond acceptors (Lipinski definition) is 4. The second kappa shape index (κ2) is 7.57. The van der Waals surface area contributed by atoms with Crippen LogP contribution in [0.15, 0.2) is 89.7 Å². The van der Waals surface area contributed by atoms with E-state index in [1.807, 2.05) is 72.8 Å². The van der Waals surface area contributed by atoms with E-state index >= 15 is 0 Å². The van der Waals surface area contributed by atoms with Gasteiger partial charge in [-0.2, -0.15) is 5.10 Å². The zero-order valence-electron chi connectivity index (χ0n) is 16.8. The molecule has 0 fully saturated rings. The quantitative estimate of drug-likeness (QED) is 0.547. The van der Waals surface area contributed by atoms with Gasteiger partial charge in [-0.05, 0) is 30.3 Å². The number of aromatic nitrogens is 2. The second-order valence-corrected chi connectivity index (χ2v) is 7.36. The van der Waals surface area contributed by atoms with Crippen LogP contribution in [-0.2, 0) is 11.8 Å². The summed E-state index contributed by atoms with van der Waals surface area (Å²) in [5.74, 6) is 0.789. The molecule has 1 N–H and O–H groups in total. The van der Waals surface area contributed by atoms with Gasteiger partial charge in [0, 0.05) is 35.5 Å². The van der Waals surface area contributed by atoms with Gasteiger partial charge in [-0.25, -0.2) is 4.68 Å². The van der Waals surface area contributed by atoms with E-state index in [1.165, 1.54) is 10.7 Å². The van der Waals surface area contributed by atoms with Gasteiger partial charge in [0.15, 0.2) is 0 Å². The maximum Gasteiger partial charge on any atom is 0.266 e. The smallest absolute Gasteiger partial charge is 0.266 e. The molecule has 4 aromatic rings. The Bertz CT molecular complexity index is 1300. The van der Waals surface area contributed by atoms with Gasteiger partial charge in [-0.3, -0.25) is 9.59 Å². The van der Waals surface area contributed by atoms with Crippen LogP contribution in [0.2, 0.25) is 0 Å². The van der Waals surface area contributed by atoms with Gasteiger partial charge in [-0.1, -0.05) is 48.5 Å². The van der Waals surface area contributed by atoms with Gasteiger partial charge in [0.2, 0.25) is 5.91 Å². The third-order valence-electron chi connectivity index (χ3n) is 5.35. The van der Waals surface area contributed by atoms with Crippen molar-refractivity contribution in [1.29, 1.82) is 0 Å². The highest BCUT2D eigenvalue weighted by Gasteiger charge is 2.32. The average molecular weight is 409 g/mol. The molecular weight excluding hydrogens is 390 g/mol. The summed E-state index contributed by atoms with van der Waals surface area (Å²) in [6, 6.07) is 25.8. The van der Waals surface area contributed by atoms with E-state index in [0.717, 1.165) is 16.7 Å². The van der Waals surface area contributed by atoms with Gasteiger partial charge in [-0.15, -0.1) is 0 Å². The molecule has 0 unspecified atom stereocenters. The number of rotatable bonds is 3. The molecule has 152 valence electrons. The van der Waals surface area contributed by atoms with Crippen molar-refractivity contribution in [2.75, 3.05) is 5.32 Å². The number of aryl methyl sites for hydroxylation is 1. The molecule has 0 spiro atoms. The first-order valence-corrected chi connectivity index (χ1v) is 9.91. The number of fused-ring (bicyclic) bond motifs is 2. The maximum atomic E-state index is 13.3. The molecule has 0 bridgehead atoms. The molecule has 2 heterocycles. The maximum absolute atomic E-state index is 13.3. The lowest BCUT2D eigenvalue weighted by atomic mass is 9.87. The summed E-state index contributed by atoms with van der Waals surface area (Å²) < 4.78 is 7.28. The second-order valence-electron chi connectivity index (χ2n) is 7.36. The molecule has 3 aromatic carbocycles. The Hall–Kier alpha value is -4.19. The largest absolute Gasteiger partial charge is 0.457 e. The molecule has 1 aromatic heterocycles. The fraction of sp³-hybridized carbons (Fsp3) is 0.0800. The van der Waals surface area contributed by atoms with Crippen LogP contribution in [0.5, 0.6) is 11.5 Å². The third kappa shape index (κ3) is 3.48. The van der Waals surface area contributed by atoms with Crippen LogP contribution >= 0.6 is 0 Å². The van der Waals surface area contributed by atoms with E-state index in [1.54, 1.807) is 13.1 Å². The summed E-state index contributed by atoms with van der Waals surface area (Å²) in [5, 5.41) is 7.28. The predicted octanol–water partition coefficient (Wildman–Crippen LogP) is 4.32. The molecule has 0 saturated heterocycles. The Morgan fingerprint density at radius 2 is 1.48 bits per heavy atom. The number of benzene rings is 3. The van der Waals surface area contributed by atoms with Gasteiger partial charge < -0.3 is 10.1 Å². The average Bonchev–Trinajstić information content (AvgIpc) is 2.79. The van der Waals surface area contributed by atoms with Crippen LogP contribution in [0.25, 0.3) is 11.3 Å². The number of nitrogens with one attached hydrogen (secondary N) is 1. The summed E-state index contributed by atoms with van der Waals surface area (Å²) in [5.41, 5.74) is 3.74. The zero-order chi connectivity index (χ0) is 21.4. The molecule has 6 heteroatoms. The Labute approximate surface area is 178 Å². The highest BCUT2D eigenvalue weighted by atomic mass is 16.5. The van der Waals surface area contributed by atoms with Crippen molar-refractivity contribution in [2.24, 2.45) is 7.05 Å². The molecule has 0 aliphatic carbocycles. The number of carbonyl (C=O) groups is 1. The summed E-state index contributed by atoms with van der Waals surface area (Å²) in [6.45, 7) is 0. The van der Waals surface area contributed by atoms with Crippen LogP contribution in [-0.4, -0.2) is 15.7 Å². The first-order valence-electron chi connectivity index (χ1n) is 9.91. The fourth-order valence-corrected chi connectivity index (χ4v) is 3.79. The van der Waals surface area contributed by atoms with Crippen LogP contribution in [0.1, 0.15) is 17.0 Å². The van der Waals surface area contributed by atoms with Gasteiger partial charge in [0.25, 0.3) is 5.56 Å². The van der Waals surface area contributed by atoms with Crippen molar-refractivity contribution in [3.8, 4) is 22.8 Å². The number of nitrogens with zero attached hydrogens (tertiary/aromatic N) is 2. The normalized spacial score (nSPS) is 12.4. The molecule has 1 aliphatic rings. The standard InChI is InChI=1S/C25H19N3O3/c1-28-23(29)15-14-20(27-28)16-10-12-17(13-11-16)26-25(30)24-18-6-2-4-8-21(18)31-22-9-5-3-7-19(22)24/h2-15,24H,1H3,(H,26,30). The first-order chi connectivity index (χ1) is 15.1. The van der Waals surface area contributed by atoms with Crippen LogP contribution < -0.4 is 15.6 Å². The zero-order valence-corrected chi connectivity index (χ0v) is 16.8. The molecule has 0 saturated carbocycles. The lowest BCUT2D eigenvalue weighted by Crippen LogP contribution is -2.25. The van der Waals surface area contributed by atoms with Crippen LogP contribution in [0.3, 0.4) is 0 Å². The van der Waals surface area contributed by atoms with Crippen molar-refractivity contribution >= 4 is 11.6 Å². The monoisotopic (exact) mass is 409 g/mol. The Morgan fingerprint density at radius 3 is 2.10 bits per heavy atom. The Kier molecular flexibility index (Phi) is 4.59. The number of para-hydroxylation sites is 2. The summed E-state index contributed by atoms with van der Waals surface area (Å²) in [4.78, 5) is 24.9. The SMILES string of the molecule is Cn1nc(-c2ccc(NC(=O)C3c4ccccc4Oc4ccccc43)cc2)ccc1=O. The van der Waals surface area contributed by atoms with Crippen molar-refractivity contribution < 1.29 is 9.53 Å². The van der Waals surface area contributed by atoms with Crippen LogP contribution in [0, 0.1) is 0 Å². The lowest BCUT2D eigenvalue weighted by Gasteiger charge is -2.27. The highest BCUT2D eigenvalue weighted by molar-refractivity contribution is 5.99. The number of amides is 1. The Morgan fingerprint density at radius 1 is 0.871 bits per heavy atom. The highest BCUT2D eigenvalue weighted by Crippen LogP contribution is 2.44. The van der Waals surface area contributed by atoms with Crippen molar-refractivity contribution in [3.63, 3.8) is 0 Å². The molecule has 0 radical (unpaired) electrons. The minimum absolute atomic E-state index is 0.129. The topological polar surface area (TPSA) is 73.2 Å². The van der Waals surface area contributed by atoms with E-state index in [9.17, 15) is 9.59 Å². The number of carbonyl (C=O) groups excluding carboxylic acids is 1. The minimum atomic E-state index is -0.467. The molecular formula is C25H19N3O3. The van der Waals surface area contributed by atoms with Crippen LogP contribution in [0.4, 0.5) is 5.69 Å². The molecule has 6 nitrogen and oxygen atoms in total. The van der Waals surface area contributed by atoms with Crippen molar-refractivity contribution in [3.05, 3.63) is 106 Å². The number of anilines is 1. The number of hydrogen-bond donors (Lipinski definition) is 1. The van der Waals surface area contributed by atoms with Crippen molar-refractivity contribution in [2.45, 2.75) is 5.92 Å². The van der Waals surface area contributed by atoms with Gasteiger partial charge in [0.05, 0.1) is 11.6 Å². The van der Waals surface area contributed by atoms with Gasteiger partial charge in [0.1, 0.15) is 11.5 Å². The van der Waals surface area contributed by atoms with E-state index in [4.69, 9.17) is 4.74 Å². The summed E-state index contributed by atoms with van der Waals surface area (Å²) >= 11 is 0. The molecule has 31 heavy (non-hydrogen) atoms. The van der Waals surface area contributed by atoms with E-state index in [2.05, 4.69) is 10.4 Å². The summed E-state index contributed by atoms with van der Waals surface area (Å²) in [7, 11) is 1.62. The minimum Gasteiger partial charge on any atom is -0.457 e. The van der Waals surface area contributed by atoms with E-state index in [-0.39, 0.29) is 11.5 Å². The lowest BCUT2D eigenvalue weighted by molar-refractivity contribution is -0.116. The fourth-order valence-electron chi connectivity index (χ4n) is 3.79. The number of ether oxygens (including phenoxy) is 1. The molecule has 0 atom stereocenters. The molecule has 1 amide bonds. The molecule has 5 rings (SSSR count). The van der Waals surface area contributed by atoms with E-state index in [0.29, 0.717) is 22.9 Å². The van der Waals surface area contributed by atoms with Crippen molar-refractivity contribution in [1.82, 2.24) is 9.78 Å². The first kappa shape index (κ1) is 18.8. The molecule has 1 aliphatic heterocycles. The predicted molar refractivity (Wildman–Crippen MR) is 118 cm³/mol. The third-order valence-corrected chi connectivity index (χ3v) is 5.35. The summed E-state index contributed by atoms with van der Waals surface area (Å²) in [6.07, 6.45) is 0.